The number of hydrogen-bond acceptors (Lipinski definition) is 5. The van der Waals surface area contributed by atoms with Crippen molar-refractivity contribution in [1.82, 2.24) is 9.78 Å². The van der Waals surface area contributed by atoms with Crippen molar-refractivity contribution >= 4 is 28.9 Å². The van der Waals surface area contributed by atoms with Crippen LogP contribution in [0.3, 0.4) is 0 Å². The maximum atomic E-state index is 12.5. The highest BCUT2D eigenvalue weighted by molar-refractivity contribution is 5.92. The lowest BCUT2D eigenvalue weighted by atomic mass is 10.1. The van der Waals surface area contributed by atoms with Crippen molar-refractivity contribution in [2.45, 2.75) is 32.7 Å². The first-order valence-electron chi connectivity index (χ1n) is 11.1. The molecule has 2 N–H and O–H groups in total. The Balaban J connectivity index is 1.43. The van der Waals surface area contributed by atoms with Crippen molar-refractivity contribution in [2.24, 2.45) is 0 Å². The van der Waals surface area contributed by atoms with Gasteiger partial charge in [-0.05, 0) is 61.7 Å². The molecule has 0 radical (unpaired) electrons. The third-order valence-corrected chi connectivity index (χ3v) is 5.53. The fraction of sp³-hybridized carbons (Fsp3) is 0.280. The molecule has 170 valence electrons. The molecule has 0 spiro atoms. The van der Waals surface area contributed by atoms with Crippen LogP contribution in [0.2, 0.25) is 0 Å². The molecule has 0 aliphatic carbocycles. The monoisotopic (exact) mass is 445 g/mol. The van der Waals surface area contributed by atoms with Crippen LogP contribution in [0.15, 0.2) is 65.5 Å². The molecule has 4 rings (SSSR count). The summed E-state index contributed by atoms with van der Waals surface area (Å²) in [6.07, 6.45) is 3.72. The number of nitrogens with zero attached hydrogens (tertiary/aromatic N) is 3. The quantitative estimate of drug-likeness (QED) is 0.605. The van der Waals surface area contributed by atoms with Gasteiger partial charge < -0.3 is 15.5 Å². The lowest BCUT2D eigenvalue weighted by Gasteiger charge is -2.28. The number of carbonyl (C=O) groups is 2. The van der Waals surface area contributed by atoms with Crippen LogP contribution in [0.25, 0.3) is 11.3 Å². The number of hydrogen-bond donors (Lipinski definition) is 2. The van der Waals surface area contributed by atoms with Gasteiger partial charge in [-0.15, -0.1) is 0 Å². The molecule has 8 heteroatoms. The highest BCUT2D eigenvalue weighted by Crippen LogP contribution is 2.23. The SMILES string of the molecule is CC(=O)Nc1ccc(NC(=O)Cn2nc(-c3ccc(N4CCCCC4)cc3)ccc2=O)cc1. The molecule has 1 fully saturated rings. The van der Waals surface area contributed by atoms with E-state index < -0.39 is 0 Å². The summed E-state index contributed by atoms with van der Waals surface area (Å²) in [6.45, 7) is 3.38. The maximum absolute atomic E-state index is 12.5. The second-order valence-corrected chi connectivity index (χ2v) is 8.12. The standard InChI is InChI=1S/C25H27N5O3/c1-18(31)26-20-7-9-21(10-8-20)27-24(32)17-30-25(33)14-13-23(28-30)19-5-11-22(12-6-19)29-15-3-2-4-16-29/h5-14H,2-4,15-17H2,1H3,(H,26,31)(H,27,32). The number of benzene rings is 2. The maximum Gasteiger partial charge on any atom is 0.267 e. The van der Waals surface area contributed by atoms with Gasteiger partial charge in [0.1, 0.15) is 6.54 Å². The van der Waals surface area contributed by atoms with Crippen molar-refractivity contribution in [3.8, 4) is 11.3 Å². The van der Waals surface area contributed by atoms with Crippen molar-refractivity contribution in [2.75, 3.05) is 28.6 Å². The average molecular weight is 446 g/mol. The average Bonchev–Trinajstić information content (AvgIpc) is 2.82. The number of piperidine rings is 1. The number of nitrogens with one attached hydrogen (secondary N) is 2. The largest absolute Gasteiger partial charge is 0.372 e. The Hall–Kier alpha value is -3.94. The van der Waals surface area contributed by atoms with Gasteiger partial charge in [0, 0.05) is 48.7 Å². The van der Waals surface area contributed by atoms with Crippen LogP contribution in [0.5, 0.6) is 0 Å². The molecule has 2 aromatic carbocycles. The molecule has 0 atom stereocenters. The highest BCUT2D eigenvalue weighted by atomic mass is 16.2. The molecular formula is C25H27N5O3. The normalized spacial score (nSPS) is 13.4. The van der Waals surface area contributed by atoms with Crippen LogP contribution in [-0.2, 0) is 16.1 Å². The van der Waals surface area contributed by atoms with Gasteiger partial charge in [-0.3, -0.25) is 14.4 Å². The van der Waals surface area contributed by atoms with E-state index in [1.165, 1.54) is 37.9 Å². The molecule has 2 heterocycles. The lowest BCUT2D eigenvalue weighted by Crippen LogP contribution is -2.29. The number of anilines is 3. The van der Waals surface area contributed by atoms with Gasteiger partial charge in [-0.1, -0.05) is 12.1 Å². The van der Waals surface area contributed by atoms with Crippen LogP contribution < -0.4 is 21.1 Å². The van der Waals surface area contributed by atoms with E-state index in [-0.39, 0.29) is 23.9 Å². The van der Waals surface area contributed by atoms with Crippen molar-refractivity contribution in [1.29, 1.82) is 0 Å². The molecule has 0 unspecified atom stereocenters. The molecule has 1 saturated heterocycles. The smallest absolute Gasteiger partial charge is 0.267 e. The Morgan fingerprint density at radius 2 is 1.48 bits per heavy atom. The summed E-state index contributed by atoms with van der Waals surface area (Å²) >= 11 is 0. The van der Waals surface area contributed by atoms with Crippen molar-refractivity contribution in [3.63, 3.8) is 0 Å². The van der Waals surface area contributed by atoms with Crippen LogP contribution in [-0.4, -0.2) is 34.7 Å². The van der Waals surface area contributed by atoms with E-state index in [1.807, 2.05) is 12.1 Å². The van der Waals surface area contributed by atoms with Gasteiger partial charge in [0.2, 0.25) is 11.8 Å². The molecule has 1 aliphatic heterocycles. The third-order valence-electron chi connectivity index (χ3n) is 5.53. The van der Waals surface area contributed by atoms with Crippen LogP contribution >= 0.6 is 0 Å². The fourth-order valence-electron chi connectivity index (χ4n) is 3.89. The summed E-state index contributed by atoms with van der Waals surface area (Å²) in [7, 11) is 0. The molecule has 0 saturated carbocycles. The van der Waals surface area contributed by atoms with Gasteiger partial charge >= 0.3 is 0 Å². The first-order chi connectivity index (χ1) is 16.0. The van der Waals surface area contributed by atoms with Gasteiger partial charge in [-0.25, -0.2) is 4.68 Å². The third kappa shape index (κ3) is 5.85. The molecule has 1 aromatic heterocycles. The summed E-state index contributed by atoms with van der Waals surface area (Å²) < 4.78 is 1.16. The first kappa shape index (κ1) is 22.3. The van der Waals surface area contributed by atoms with Gasteiger partial charge in [0.05, 0.1) is 5.69 Å². The zero-order chi connectivity index (χ0) is 23.2. The number of rotatable bonds is 6. The molecule has 0 bridgehead atoms. The highest BCUT2D eigenvalue weighted by Gasteiger charge is 2.12. The van der Waals surface area contributed by atoms with E-state index in [4.69, 9.17) is 0 Å². The van der Waals surface area contributed by atoms with Crippen molar-refractivity contribution < 1.29 is 9.59 Å². The topological polar surface area (TPSA) is 96.3 Å². The summed E-state index contributed by atoms with van der Waals surface area (Å²) in [5, 5.41) is 9.81. The van der Waals surface area contributed by atoms with E-state index in [0.717, 1.165) is 23.3 Å². The van der Waals surface area contributed by atoms with Crippen LogP contribution in [0, 0.1) is 0 Å². The summed E-state index contributed by atoms with van der Waals surface area (Å²) in [5.74, 6) is -0.535. The second kappa shape index (κ2) is 10.1. The van der Waals surface area contributed by atoms with E-state index in [0.29, 0.717) is 17.1 Å². The Labute approximate surface area is 192 Å². The van der Waals surface area contributed by atoms with E-state index in [9.17, 15) is 14.4 Å². The Kier molecular flexibility index (Phi) is 6.83. The zero-order valence-electron chi connectivity index (χ0n) is 18.6. The Morgan fingerprint density at radius 3 is 2.12 bits per heavy atom. The van der Waals surface area contributed by atoms with Gasteiger partial charge in [0.25, 0.3) is 5.56 Å². The molecule has 33 heavy (non-hydrogen) atoms. The zero-order valence-corrected chi connectivity index (χ0v) is 18.6. The molecule has 1 aliphatic rings. The predicted octanol–water partition coefficient (Wildman–Crippen LogP) is 3.50. The number of aromatic nitrogens is 2. The lowest BCUT2D eigenvalue weighted by molar-refractivity contribution is -0.117. The molecule has 2 amide bonds. The summed E-state index contributed by atoms with van der Waals surface area (Å²) in [4.78, 5) is 38.2. The van der Waals surface area contributed by atoms with E-state index in [1.54, 1.807) is 30.3 Å². The number of carbonyl (C=O) groups excluding carboxylic acids is 2. The van der Waals surface area contributed by atoms with Gasteiger partial charge in [-0.2, -0.15) is 5.10 Å². The predicted molar refractivity (Wildman–Crippen MR) is 129 cm³/mol. The van der Waals surface area contributed by atoms with E-state index >= 15 is 0 Å². The minimum atomic E-state index is -0.366. The Morgan fingerprint density at radius 1 is 0.848 bits per heavy atom. The Bertz CT molecular complexity index is 1180. The molecule has 3 aromatic rings. The summed E-state index contributed by atoms with van der Waals surface area (Å²) in [5.41, 5.74) is 3.56. The van der Waals surface area contributed by atoms with Gasteiger partial charge in [0.15, 0.2) is 0 Å². The van der Waals surface area contributed by atoms with E-state index in [2.05, 4.69) is 32.8 Å². The fourth-order valence-corrected chi connectivity index (χ4v) is 3.89. The first-order valence-corrected chi connectivity index (χ1v) is 11.1. The van der Waals surface area contributed by atoms with Crippen LogP contribution in [0.4, 0.5) is 17.1 Å². The van der Waals surface area contributed by atoms with Crippen molar-refractivity contribution in [3.05, 3.63) is 71.0 Å². The molecule has 8 nitrogen and oxygen atoms in total. The number of amides is 2. The summed E-state index contributed by atoms with van der Waals surface area (Å²) in [6, 6.07) is 18.0. The minimum Gasteiger partial charge on any atom is -0.372 e. The molecular weight excluding hydrogens is 418 g/mol. The van der Waals surface area contributed by atoms with Crippen LogP contribution in [0.1, 0.15) is 26.2 Å². The second-order valence-electron chi connectivity index (χ2n) is 8.12. The minimum absolute atomic E-state index is 0.168.